The minimum absolute atomic E-state index is 0.0909. The van der Waals surface area contributed by atoms with Crippen LogP contribution in [0.4, 0.5) is 0 Å². The number of rotatable bonds is 6. The largest absolute Gasteiger partial charge is 0.395 e. The summed E-state index contributed by atoms with van der Waals surface area (Å²) >= 11 is 5.93. The average Bonchev–Trinajstić information content (AvgIpc) is 2.97. The highest BCUT2D eigenvalue weighted by molar-refractivity contribution is 6.30. The number of aliphatic hydroxyl groups is 1. The van der Waals surface area contributed by atoms with Gasteiger partial charge in [-0.15, -0.1) is 0 Å². The molecule has 0 aliphatic heterocycles. The molecule has 0 spiro atoms. The fourth-order valence-corrected chi connectivity index (χ4v) is 2.61. The zero-order valence-corrected chi connectivity index (χ0v) is 13.8. The molecule has 2 aromatic carbocycles. The van der Waals surface area contributed by atoms with E-state index in [2.05, 4.69) is 33.1 Å². The van der Waals surface area contributed by atoms with Crippen LogP contribution in [0.5, 0.6) is 0 Å². The van der Waals surface area contributed by atoms with Gasteiger partial charge in [0.15, 0.2) is 0 Å². The van der Waals surface area contributed by atoms with Crippen LogP contribution in [0.3, 0.4) is 0 Å². The summed E-state index contributed by atoms with van der Waals surface area (Å²) in [6.07, 6.45) is 1.87. The minimum Gasteiger partial charge on any atom is -0.395 e. The zero-order chi connectivity index (χ0) is 16.2. The molecular weight excluding hydrogens is 310 g/mol. The van der Waals surface area contributed by atoms with Gasteiger partial charge in [-0.3, -0.25) is 0 Å². The monoisotopic (exact) mass is 329 g/mol. The van der Waals surface area contributed by atoms with E-state index in [1.807, 2.05) is 37.5 Å². The van der Waals surface area contributed by atoms with E-state index in [1.54, 1.807) is 0 Å². The maximum atomic E-state index is 9.06. The van der Waals surface area contributed by atoms with E-state index in [4.69, 9.17) is 16.7 Å². The summed E-state index contributed by atoms with van der Waals surface area (Å²) in [6, 6.07) is 14.2. The number of halogens is 1. The third-order valence-electron chi connectivity index (χ3n) is 3.88. The van der Waals surface area contributed by atoms with Crippen molar-refractivity contribution in [3.8, 4) is 0 Å². The summed E-state index contributed by atoms with van der Waals surface area (Å²) in [7, 11) is 0. The topological polar surface area (TPSA) is 50.1 Å². The maximum absolute atomic E-state index is 9.06. The molecule has 3 aromatic rings. The Hall–Kier alpha value is -1.88. The third kappa shape index (κ3) is 3.91. The first-order valence-electron chi connectivity index (χ1n) is 7.68. The predicted octanol–water partition coefficient (Wildman–Crippen LogP) is 3.21. The SMILES string of the molecule is C[C@@H](CO)NCc1ccc2c(c1)ncn2Cc1ccc(Cl)cc1. The van der Waals surface area contributed by atoms with Gasteiger partial charge in [-0.1, -0.05) is 29.8 Å². The van der Waals surface area contributed by atoms with Gasteiger partial charge in [0.05, 0.1) is 24.0 Å². The van der Waals surface area contributed by atoms with Crippen molar-refractivity contribution in [2.45, 2.75) is 26.1 Å². The Labute approximate surface area is 140 Å². The van der Waals surface area contributed by atoms with Gasteiger partial charge >= 0.3 is 0 Å². The molecule has 4 nitrogen and oxygen atoms in total. The van der Waals surface area contributed by atoms with Crippen molar-refractivity contribution >= 4 is 22.6 Å². The van der Waals surface area contributed by atoms with Crippen molar-refractivity contribution < 1.29 is 5.11 Å². The van der Waals surface area contributed by atoms with Crippen molar-refractivity contribution in [1.29, 1.82) is 0 Å². The number of aliphatic hydroxyl groups excluding tert-OH is 1. The Balaban J connectivity index is 1.77. The van der Waals surface area contributed by atoms with Crippen LogP contribution in [0.15, 0.2) is 48.8 Å². The van der Waals surface area contributed by atoms with Crippen molar-refractivity contribution in [1.82, 2.24) is 14.9 Å². The van der Waals surface area contributed by atoms with Crippen LogP contribution < -0.4 is 5.32 Å². The minimum atomic E-state index is 0.0909. The molecule has 0 saturated carbocycles. The summed E-state index contributed by atoms with van der Waals surface area (Å²) in [5.41, 5.74) is 4.44. The van der Waals surface area contributed by atoms with Gasteiger partial charge in [0.2, 0.25) is 0 Å². The highest BCUT2D eigenvalue weighted by Gasteiger charge is 2.06. The fraction of sp³-hybridized carbons (Fsp3) is 0.278. The Morgan fingerprint density at radius 1 is 1.17 bits per heavy atom. The van der Waals surface area contributed by atoms with Crippen molar-refractivity contribution in [3.63, 3.8) is 0 Å². The fourth-order valence-electron chi connectivity index (χ4n) is 2.49. The van der Waals surface area contributed by atoms with Gasteiger partial charge in [-0.05, 0) is 42.3 Å². The lowest BCUT2D eigenvalue weighted by molar-refractivity contribution is 0.251. The first-order valence-corrected chi connectivity index (χ1v) is 8.06. The standard InChI is InChI=1S/C18H20ClN3O/c1-13(11-23)20-9-15-4-7-18-17(8-15)21-12-22(18)10-14-2-5-16(19)6-3-14/h2-8,12-13,20,23H,9-11H2,1H3/t13-/m0/s1. The highest BCUT2D eigenvalue weighted by atomic mass is 35.5. The Morgan fingerprint density at radius 3 is 2.65 bits per heavy atom. The highest BCUT2D eigenvalue weighted by Crippen LogP contribution is 2.17. The van der Waals surface area contributed by atoms with Crippen LogP contribution in [-0.4, -0.2) is 27.3 Å². The lowest BCUT2D eigenvalue weighted by Crippen LogP contribution is -2.28. The maximum Gasteiger partial charge on any atom is 0.0961 e. The van der Waals surface area contributed by atoms with Gasteiger partial charge in [-0.25, -0.2) is 4.98 Å². The first kappa shape index (κ1) is 16.0. The summed E-state index contributed by atoms with van der Waals surface area (Å²) < 4.78 is 2.13. The molecule has 0 radical (unpaired) electrons. The number of nitrogens with one attached hydrogen (secondary N) is 1. The second kappa shape index (κ2) is 7.13. The van der Waals surface area contributed by atoms with E-state index >= 15 is 0 Å². The molecule has 0 fully saturated rings. The smallest absolute Gasteiger partial charge is 0.0961 e. The molecule has 0 bridgehead atoms. The molecule has 2 N–H and O–H groups in total. The van der Waals surface area contributed by atoms with Crippen LogP contribution in [0.25, 0.3) is 11.0 Å². The molecule has 3 rings (SSSR count). The van der Waals surface area contributed by atoms with Gasteiger partial charge in [0.25, 0.3) is 0 Å². The molecule has 0 aliphatic carbocycles. The van der Waals surface area contributed by atoms with Gasteiger partial charge in [0, 0.05) is 24.2 Å². The molecular formula is C18H20ClN3O. The van der Waals surface area contributed by atoms with E-state index in [9.17, 15) is 0 Å². The number of aromatic nitrogens is 2. The van der Waals surface area contributed by atoms with E-state index < -0.39 is 0 Å². The first-order chi connectivity index (χ1) is 11.2. The molecule has 120 valence electrons. The predicted molar refractivity (Wildman–Crippen MR) is 93.7 cm³/mol. The van der Waals surface area contributed by atoms with Gasteiger partial charge in [-0.2, -0.15) is 0 Å². The van der Waals surface area contributed by atoms with Crippen LogP contribution in [0.2, 0.25) is 5.02 Å². The Kier molecular flexibility index (Phi) is 4.96. The molecule has 0 unspecified atom stereocenters. The lowest BCUT2D eigenvalue weighted by Gasteiger charge is -2.10. The van der Waals surface area contributed by atoms with Crippen LogP contribution in [0.1, 0.15) is 18.1 Å². The Bertz CT molecular complexity index is 783. The number of nitrogens with zero attached hydrogens (tertiary/aromatic N) is 2. The molecule has 1 heterocycles. The summed E-state index contributed by atoms with van der Waals surface area (Å²) in [5, 5.41) is 13.1. The van der Waals surface area contributed by atoms with Crippen LogP contribution in [0, 0.1) is 0 Å². The number of benzene rings is 2. The van der Waals surface area contributed by atoms with Crippen molar-refractivity contribution in [2.75, 3.05) is 6.61 Å². The quantitative estimate of drug-likeness (QED) is 0.730. The van der Waals surface area contributed by atoms with Gasteiger partial charge < -0.3 is 15.0 Å². The summed E-state index contributed by atoms with van der Waals surface area (Å²) in [5.74, 6) is 0. The molecule has 23 heavy (non-hydrogen) atoms. The van der Waals surface area contributed by atoms with Crippen molar-refractivity contribution in [2.24, 2.45) is 0 Å². The number of hydrogen-bond donors (Lipinski definition) is 2. The van der Waals surface area contributed by atoms with E-state index in [-0.39, 0.29) is 12.6 Å². The third-order valence-corrected chi connectivity index (χ3v) is 4.13. The normalized spacial score (nSPS) is 12.7. The Morgan fingerprint density at radius 2 is 1.91 bits per heavy atom. The number of fused-ring (bicyclic) bond motifs is 1. The lowest BCUT2D eigenvalue weighted by atomic mass is 10.2. The second-order valence-electron chi connectivity index (χ2n) is 5.79. The molecule has 0 amide bonds. The average molecular weight is 330 g/mol. The summed E-state index contributed by atoms with van der Waals surface area (Å²) in [4.78, 5) is 4.50. The van der Waals surface area contributed by atoms with Crippen LogP contribution >= 0.6 is 11.6 Å². The molecule has 0 aliphatic rings. The van der Waals surface area contributed by atoms with E-state index in [0.29, 0.717) is 0 Å². The van der Waals surface area contributed by atoms with Gasteiger partial charge in [0.1, 0.15) is 0 Å². The molecule has 0 saturated heterocycles. The van der Waals surface area contributed by atoms with Crippen LogP contribution in [-0.2, 0) is 13.1 Å². The molecule has 5 heteroatoms. The van der Waals surface area contributed by atoms with E-state index in [0.717, 1.165) is 34.7 Å². The van der Waals surface area contributed by atoms with E-state index in [1.165, 1.54) is 5.56 Å². The number of imidazole rings is 1. The zero-order valence-electron chi connectivity index (χ0n) is 13.0. The summed E-state index contributed by atoms with van der Waals surface area (Å²) in [6.45, 7) is 3.59. The molecule has 1 aromatic heterocycles. The number of hydrogen-bond acceptors (Lipinski definition) is 3. The molecule has 1 atom stereocenters. The van der Waals surface area contributed by atoms with Crippen molar-refractivity contribution in [3.05, 3.63) is 64.9 Å². The second-order valence-corrected chi connectivity index (χ2v) is 6.22.